The van der Waals surface area contributed by atoms with Crippen molar-refractivity contribution < 1.29 is 18.3 Å². The van der Waals surface area contributed by atoms with Crippen molar-refractivity contribution in [2.24, 2.45) is 0 Å². The Hall–Kier alpha value is -1.66. The number of benzene rings is 1. The van der Waals surface area contributed by atoms with E-state index in [1.807, 2.05) is 0 Å². The lowest BCUT2D eigenvalue weighted by molar-refractivity contribution is -0.130. The smallest absolute Gasteiger partial charge is 0.340 e. The number of nitrogens with one attached hydrogen (secondary N) is 1. The van der Waals surface area contributed by atoms with Crippen molar-refractivity contribution >= 4 is 17.0 Å². The highest BCUT2D eigenvalue weighted by atomic mass is 32.2. The van der Waals surface area contributed by atoms with Gasteiger partial charge in [0.25, 0.3) is 0 Å². The number of esters is 1. The zero-order valence-corrected chi connectivity index (χ0v) is 10.2. The summed E-state index contributed by atoms with van der Waals surface area (Å²) in [5.74, 6) is -0.191. The Morgan fingerprint density at radius 1 is 1.41 bits per heavy atom. The highest BCUT2D eigenvalue weighted by Crippen LogP contribution is 2.15. The van der Waals surface area contributed by atoms with E-state index in [9.17, 15) is 13.6 Å². The van der Waals surface area contributed by atoms with Gasteiger partial charge in [0, 0.05) is 18.1 Å². The zero-order valence-electron chi connectivity index (χ0n) is 9.43. The number of carbonyl (C=O) groups is 1. The molecular formula is C11H12NO4S-. The molecule has 0 saturated carbocycles. The third-order valence-electron chi connectivity index (χ3n) is 1.91. The molecule has 1 aromatic carbocycles. The second-order valence-corrected chi connectivity index (χ2v) is 4.15. The number of hydrogen-bond acceptors (Lipinski definition) is 5. The second-order valence-electron chi connectivity index (χ2n) is 3.21. The molecular weight excluding hydrogens is 242 g/mol. The van der Waals surface area contributed by atoms with Gasteiger partial charge in [-0.3, -0.25) is 4.21 Å². The molecule has 1 rings (SSSR count). The summed E-state index contributed by atoms with van der Waals surface area (Å²) in [5.41, 5.74) is 0.420. The fraction of sp³-hybridized carbons (Fsp3) is 0.182. The summed E-state index contributed by atoms with van der Waals surface area (Å²) >= 11 is -2.27. The number of hydrogen-bond donors (Lipinski definition) is 1. The fourth-order valence-corrected chi connectivity index (χ4v) is 1.44. The van der Waals surface area contributed by atoms with E-state index in [0.717, 1.165) is 0 Å². The average Bonchev–Trinajstić information content (AvgIpc) is 2.30. The largest absolute Gasteiger partial charge is 0.768 e. The molecule has 6 heteroatoms. The predicted molar refractivity (Wildman–Crippen MR) is 62.1 cm³/mol. The van der Waals surface area contributed by atoms with E-state index in [2.05, 4.69) is 5.32 Å². The Balaban J connectivity index is 2.73. The summed E-state index contributed by atoms with van der Waals surface area (Å²) in [5, 5.41) is 2.71. The van der Waals surface area contributed by atoms with E-state index in [1.165, 1.54) is 30.5 Å². The van der Waals surface area contributed by atoms with Crippen LogP contribution in [-0.2, 0) is 15.9 Å². The van der Waals surface area contributed by atoms with Crippen LogP contribution in [0.4, 0.5) is 0 Å². The van der Waals surface area contributed by atoms with E-state index in [4.69, 9.17) is 4.74 Å². The summed E-state index contributed by atoms with van der Waals surface area (Å²) in [6.45, 7) is 1.61. The van der Waals surface area contributed by atoms with Crippen LogP contribution in [-0.4, -0.2) is 21.8 Å². The Morgan fingerprint density at radius 3 is 2.47 bits per heavy atom. The van der Waals surface area contributed by atoms with Crippen molar-refractivity contribution in [1.82, 2.24) is 5.32 Å². The van der Waals surface area contributed by atoms with Crippen molar-refractivity contribution in [3.8, 4) is 5.75 Å². The maximum atomic E-state index is 11.5. The molecule has 92 valence electrons. The van der Waals surface area contributed by atoms with Gasteiger partial charge in [-0.2, -0.15) is 0 Å². The maximum absolute atomic E-state index is 11.5. The number of carbonyl (C=O) groups excluding carboxylic acids is 1. The Bertz CT molecular complexity index is 453. The third-order valence-corrected chi connectivity index (χ3v) is 2.57. The molecule has 0 aromatic heterocycles. The van der Waals surface area contributed by atoms with Crippen LogP contribution >= 0.6 is 0 Å². The zero-order chi connectivity index (χ0) is 12.8. The van der Waals surface area contributed by atoms with Crippen molar-refractivity contribution in [1.29, 1.82) is 0 Å². The molecule has 0 aliphatic heterocycles. The molecule has 0 aliphatic rings. The summed E-state index contributed by atoms with van der Waals surface area (Å²) in [6.07, 6.45) is 1.52. The van der Waals surface area contributed by atoms with Crippen LogP contribution in [0.5, 0.6) is 5.75 Å². The van der Waals surface area contributed by atoms with Crippen molar-refractivity contribution in [2.45, 2.75) is 11.8 Å². The standard InChI is InChI=1S/C11H13NO4S/c1-8(7-12-2)11(13)16-9-3-5-10(6-4-9)17(14)15/h3-7,12H,1-2H3,(H,14,15)/p-1. The Morgan fingerprint density at radius 2 is 2.00 bits per heavy atom. The molecule has 0 saturated heterocycles. The maximum Gasteiger partial charge on any atom is 0.340 e. The molecule has 1 unspecified atom stereocenters. The van der Waals surface area contributed by atoms with Gasteiger partial charge >= 0.3 is 5.97 Å². The van der Waals surface area contributed by atoms with Crippen LogP contribution in [0.2, 0.25) is 0 Å². The van der Waals surface area contributed by atoms with Crippen LogP contribution in [0.25, 0.3) is 0 Å². The summed E-state index contributed by atoms with van der Waals surface area (Å²) < 4.78 is 26.2. The van der Waals surface area contributed by atoms with E-state index >= 15 is 0 Å². The van der Waals surface area contributed by atoms with Gasteiger partial charge < -0.3 is 14.6 Å². The lowest BCUT2D eigenvalue weighted by atomic mass is 10.3. The van der Waals surface area contributed by atoms with Crippen LogP contribution in [0, 0.1) is 0 Å². The first-order chi connectivity index (χ1) is 8.04. The van der Waals surface area contributed by atoms with Gasteiger partial charge in [0.2, 0.25) is 0 Å². The van der Waals surface area contributed by atoms with Gasteiger partial charge in [0.05, 0.1) is 5.57 Å². The van der Waals surface area contributed by atoms with E-state index in [0.29, 0.717) is 11.3 Å². The molecule has 1 N–H and O–H groups in total. The van der Waals surface area contributed by atoms with Crippen LogP contribution in [0.1, 0.15) is 6.92 Å². The molecule has 17 heavy (non-hydrogen) atoms. The lowest BCUT2D eigenvalue weighted by Gasteiger charge is -2.07. The summed E-state index contributed by atoms with van der Waals surface area (Å²) in [6, 6.07) is 5.58. The highest BCUT2D eigenvalue weighted by Gasteiger charge is 2.06. The molecule has 1 atom stereocenters. The number of rotatable bonds is 4. The fourth-order valence-electron chi connectivity index (χ4n) is 1.08. The Kier molecular flexibility index (Phi) is 4.86. The third kappa shape index (κ3) is 4.01. The summed E-state index contributed by atoms with van der Waals surface area (Å²) in [7, 11) is 1.68. The number of ether oxygens (including phenoxy) is 1. The van der Waals surface area contributed by atoms with Crippen molar-refractivity contribution in [3.05, 3.63) is 36.0 Å². The first-order valence-electron chi connectivity index (χ1n) is 4.80. The minimum absolute atomic E-state index is 0.146. The first-order valence-corrected chi connectivity index (χ1v) is 5.87. The molecule has 0 heterocycles. The highest BCUT2D eigenvalue weighted by molar-refractivity contribution is 7.79. The molecule has 1 aromatic rings. The molecule has 0 aliphatic carbocycles. The minimum atomic E-state index is -2.27. The first kappa shape index (κ1) is 13.4. The Labute approximate surface area is 102 Å². The molecule has 0 spiro atoms. The van der Waals surface area contributed by atoms with Crippen molar-refractivity contribution in [2.75, 3.05) is 7.05 Å². The van der Waals surface area contributed by atoms with Gasteiger partial charge in [-0.1, -0.05) is 0 Å². The topological polar surface area (TPSA) is 78.5 Å². The van der Waals surface area contributed by atoms with E-state index in [-0.39, 0.29) is 4.90 Å². The van der Waals surface area contributed by atoms with Crippen LogP contribution in [0.15, 0.2) is 40.9 Å². The molecule has 0 radical (unpaired) electrons. The minimum Gasteiger partial charge on any atom is -0.768 e. The van der Waals surface area contributed by atoms with Crippen LogP contribution < -0.4 is 10.1 Å². The normalized spacial score (nSPS) is 13.0. The molecule has 5 nitrogen and oxygen atoms in total. The quantitative estimate of drug-likeness (QED) is 0.374. The predicted octanol–water partition coefficient (Wildman–Crippen LogP) is 0.953. The molecule has 0 bridgehead atoms. The van der Waals surface area contributed by atoms with Gasteiger partial charge in [-0.25, -0.2) is 4.79 Å². The summed E-state index contributed by atoms with van der Waals surface area (Å²) in [4.78, 5) is 11.6. The average molecular weight is 254 g/mol. The van der Waals surface area contributed by atoms with Gasteiger partial charge in [0.1, 0.15) is 5.75 Å². The monoisotopic (exact) mass is 254 g/mol. The lowest BCUT2D eigenvalue weighted by Crippen LogP contribution is -2.11. The SMILES string of the molecule is CNC=C(C)C(=O)Oc1ccc(S(=O)[O-])cc1. The van der Waals surface area contributed by atoms with Gasteiger partial charge in [-0.15, -0.1) is 0 Å². The van der Waals surface area contributed by atoms with Gasteiger partial charge in [0.15, 0.2) is 0 Å². The van der Waals surface area contributed by atoms with Crippen molar-refractivity contribution in [3.63, 3.8) is 0 Å². The molecule has 0 amide bonds. The van der Waals surface area contributed by atoms with E-state index in [1.54, 1.807) is 14.0 Å². The van der Waals surface area contributed by atoms with E-state index < -0.39 is 17.0 Å². The van der Waals surface area contributed by atoms with Crippen LogP contribution in [0.3, 0.4) is 0 Å². The molecule has 0 fully saturated rings. The second kappa shape index (κ2) is 6.17. The van der Waals surface area contributed by atoms with Gasteiger partial charge in [-0.05, 0) is 42.3 Å².